The Bertz CT molecular complexity index is 554. The molecule has 2 fully saturated rings. The van der Waals surface area contributed by atoms with Gasteiger partial charge in [0.05, 0.1) is 12.7 Å². The quantitative estimate of drug-likeness (QED) is 0.909. The number of fused-ring (bicyclic) bond motifs is 2. The molecule has 1 aromatic rings. The van der Waals surface area contributed by atoms with Gasteiger partial charge in [0.15, 0.2) is 11.6 Å². The Morgan fingerprint density at radius 2 is 2.09 bits per heavy atom. The van der Waals surface area contributed by atoms with Crippen LogP contribution in [0.2, 0.25) is 0 Å². The summed E-state index contributed by atoms with van der Waals surface area (Å²) in [6, 6.07) is 4.82. The summed E-state index contributed by atoms with van der Waals surface area (Å²) in [6.07, 6.45) is 4.40. The van der Waals surface area contributed by atoms with Gasteiger partial charge in [0, 0.05) is 12.5 Å². The third-order valence-corrected chi connectivity index (χ3v) is 5.58. The number of benzene rings is 1. The van der Waals surface area contributed by atoms with Crippen molar-refractivity contribution >= 4 is 12.4 Å². The molecule has 130 valence electrons. The summed E-state index contributed by atoms with van der Waals surface area (Å²) in [4.78, 5) is 2.15. The summed E-state index contributed by atoms with van der Waals surface area (Å²) in [7, 11) is 5.56. The second kappa shape index (κ2) is 6.96. The van der Waals surface area contributed by atoms with E-state index >= 15 is 0 Å². The van der Waals surface area contributed by atoms with Crippen LogP contribution in [0.15, 0.2) is 18.2 Å². The number of aliphatic hydroxyl groups is 1. The molecule has 4 unspecified atom stereocenters. The van der Waals surface area contributed by atoms with Crippen molar-refractivity contribution in [2.24, 2.45) is 17.8 Å². The van der Waals surface area contributed by atoms with E-state index < -0.39 is 5.60 Å². The molecule has 2 saturated carbocycles. The van der Waals surface area contributed by atoms with Crippen molar-refractivity contribution < 1.29 is 14.2 Å². The minimum Gasteiger partial charge on any atom is -0.494 e. The molecule has 2 bridgehead atoms. The number of ether oxygens (including phenoxy) is 1. The maximum atomic E-state index is 13.7. The first-order chi connectivity index (χ1) is 10.4. The molecule has 2 aliphatic rings. The molecule has 23 heavy (non-hydrogen) atoms. The minimum absolute atomic E-state index is 0. The van der Waals surface area contributed by atoms with Gasteiger partial charge in [-0.1, -0.05) is 12.5 Å². The molecule has 3 rings (SSSR count). The van der Waals surface area contributed by atoms with E-state index in [1.54, 1.807) is 12.1 Å². The normalized spacial score (nSPS) is 32.7. The monoisotopic (exact) mass is 343 g/mol. The van der Waals surface area contributed by atoms with Crippen LogP contribution in [0.4, 0.5) is 4.39 Å². The molecule has 0 amide bonds. The van der Waals surface area contributed by atoms with E-state index in [4.69, 9.17) is 4.74 Å². The van der Waals surface area contributed by atoms with Crippen molar-refractivity contribution in [1.29, 1.82) is 0 Å². The van der Waals surface area contributed by atoms with Crippen LogP contribution < -0.4 is 4.74 Å². The summed E-state index contributed by atoms with van der Waals surface area (Å²) in [6.45, 7) is 0.855. The highest BCUT2D eigenvalue weighted by Crippen LogP contribution is 2.54. The molecule has 0 saturated heterocycles. The third kappa shape index (κ3) is 3.35. The average Bonchev–Trinajstić information content (AvgIpc) is 2.87. The van der Waals surface area contributed by atoms with Crippen LogP contribution in [0.1, 0.15) is 31.2 Å². The Labute approximate surface area is 144 Å². The van der Waals surface area contributed by atoms with Gasteiger partial charge in [-0.25, -0.2) is 4.39 Å². The van der Waals surface area contributed by atoms with Crippen LogP contribution in [0.5, 0.6) is 5.75 Å². The van der Waals surface area contributed by atoms with Crippen LogP contribution in [0, 0.1) is 23.6 Å². The van der Waals surface area contributed by atoms with Gasteiger partial charge in [-0.05, 0) is 62.9 Å². The molecular formula is C18H27ClFNO2. The second-order valence-electron chi connectivity index (χ2n) is 7.29. The van der Waals surface area contributed by atoms with Crippen LogP contribution in [-0.2, 0) is 5.60 Å². The van der Waals surface area contributed by atoms with Crippen molar-refractivity contribution in [1.82, 2.24) is 4.90 Å². The van der Waals surface area contributed by atoms with E-state index in [0.29, 0.717) is 11.8 Å². The fourth-order valence-electron chi connectivity index (χ4n) is 4.60. The van der Waals surface area contributed by atoms with Gasteiger partial charge in [-0.3, -0.25) is 0 Å². The Morgan fingerprint density at radius 1 is 1.35 bits per heavy atom. The van der Waals surface area contributed by atoms with E-state index in [1.807, 2.05) is 14.1 Å². The molecule has 0 radical (unpaired) electrons. The van der Waals surface area contributed by atoms with E-state index in [1.165, 1.54) is 32.4 Å². The lowest BCUT2D eigenvalue weighted by molar-refractivity contribution is -0.0892. The molecule has 1 aromatic carbocycles. The van der Waals surface area contributed by atoms with E-state index in [2.05, 4.69) is 4.90 Å². The summed E-state index contributed by atoms with van der Waals surface area (Å²) in [5, 5.41) is 11.5. The molecule has 1 N–H and O–H groups in total. The van der Waals surface area contributed by atoms with Crippen LogP contribution in [0.3, 0.4) is 0 Å². The number of rotatable bonds is 4. The Hall–Kier alpha value is -0.840. The molecule has 2 aliphatic carbocycles. The minimum atomic E-state index is -0.880. The molecule has 4 atom stereocenters. The first-order valence-corrected chi connectivity index (χ1v) is 8.15. The van der Waals surface area contributed by atoms with Gasteiger partial charge in [-0.2, -0.15) is 0 Å². The molecule has 3 nitrogen and oxygen atoms in total. The number of nitrogens with zero attached hydrogens (tertiary/aromatic N) is 1. The van der Waals surface area contributed by atoms with E-state index in [0.717, 1.165) is 18.5 Å². The summed E-state index contributed by atoms with van der Waals surface area (Å²) >= 11 is 0. The summed E-state index contributed by atoms with van der Waals surface area (Å²) in [5.74, 6) is 1.17. The smallest absolute Gasteiger partial charge is 0.165 e. The topological polar surface area (TPSA) is 32.7 Å². The lowest BCUT2D eigenvalue weighted by Crippen LogP contribution is -2.47. The van der Waals surface area contributed by atoms with Crippen molar-refractivity contribution in [3.8, 4) is 5.75 Å². The van der Waals surface area contributed by atoms with Gasteiger partial charge in [0.25, 0.3) is 0 Å². The Kier molecular flexibility index (Phi) is 5.59. The van der Waals surface area contributed by atoms with Gasteiger partial charge in [-0.15, -0.1) is 12.4 Å². The number of hydrogen-bond donors (Lipinski definition) is 1. The first kappa shape index (κ1) is 18.5. The second-order valence-corrected chi connectivity index (χ2v) is 7.29. The molecule has 0 aromatic heterocycles. The number of halogens is 2. The van der Waals surface area contributed by atoms with Crippen molar-refractivity contribution in [2.45, 2.75) is 31.3 Å². The van der Waals surface area contributed by atoms with Crippen LogP contribution >= 0.6 is 12.4 Å². The highest BCUT2D eigenvalue weighted by molar-refractivity contribution is 5.85. The highest BCUT2D eigenvalue weighted by Gasteiger charge is 2.51. The van der Waals surface area contributed by atoms with Gasteiger partial charge in [0.2, 0.25) is 0 Å². The molecular weight excluding hydrogens is 317 g/mol. The zero-order chi connectivity index (χ0) is 15.9. The lowest BCUT2D eigenvalue weighted by atomic mass is 9.66. The zero-order valence-corrected chi connectivity index (χ0v) is 14.9. The van der Waals surface area contributed by atoms with Gasteiger partial charge in [0.1, 0.15) is 0 Å². The maximum absolute atomic E-state index is 13.7. The highest BCUT2D eigenvalue weighted by atomic mass is 35.5. The van der Waals surface area contributed by atoms with Crippen molar-refractivity contribution in [3.63, 3.8) is 0 Å². The summed E-state index contributed by atoms with van der Waals surface area (Å²) in [5.41, 5.74) is -0.0794. The SMILES string of the molecule is COc1cc(C2(O)CC3CCC(C3)C2CN(C)C)ccc1F.Cl. The van der Waals surface area contributed by atoms with Gasteiger partial charge >= 0.3 is 0 Å². The Morgan fingerprint density at radius 3 is 2.74 bits per heavy atom. The van der Waals surface area contributed by atoms with Gasteiger partial charge < -0.3 is 14.7 Å². The number of methoxy groups -OCH3 is 1. The first-order valence-electron chi connectivity index (χ1n) is 8.15. The predicted molar refractivity (Wildman–Crippen MR) is 91.6 cm³/mol. The van der Waals surface area contributed by atoms with Crippen molar-refractivity contribution in [3.05, 3.63) is 29.6 Å². The fraction of sp³-hybridized carbons (Fsp3) is 0.667. The average molecular weight is 344 g/mol. The van der Waals surface area contributed by atoms with E-state index in [9.17, 15) is 9.50 Å². The standard InChI is InChI=1S/C18H26FNO2.ClH/c1-20(2)11-15-13-5-4-12(8-13)10-18(15,21)14-6-7-16(19)17(9-14)22-3;/h6-7,9,12-13,15,21H,4-5,8,10-11H2,1-3H3;1H. The largest absolute Gasteiger partial charge is 0.494 e. The maximum Gasteiger partial charge on any atom is 0.165 e. The molecule has 0 aliphatic heterocycles. The van der Waals surface area contributed by atoms with E-state index in [-0.39, 0.29) is 29.9 Å². The molecule has 0 spiro atoms. The fourth-order valence-corrected chi connectivity index (χ4v) is 4.60. The zero-order valence-electron chi connectivity index (χ0n) is 14.1. The van der Waals surface area contributed by atoms with Crippen LogP contribution in [0.25, 0.3) is 0 Å². The Balaban J connectivity index is 0.00000192. The molecule has 5 heteroatoms. The number of hydrogen-bond acceptors (Lipinski definition) is 3. The van der Waals surface area contributed by atoms with Crippen LogP contribution in [-0.4, -0.2) is 37.8 Å². The molecule has 0 heterocycles. The lowest BCUT2D eigenvalue weighted by Gasteiger charge is -2.45. The predicted octanol–water partition coefficient (Wildman–Crippen LogP) is 3.44. The van der Waals surface area contributed by atoms with Crippen molar-refractivity contribution in [2.75, 3.05) is 27.7 Å². The third-order valence-electron chi connectivity index (χ3n) is 5.58. The summed E-state index contributed by atoms with van der Waals surface area (Å²) < 4.78 is 18.8.